The van der Waals surface area contributed by atoms with Gasteiger partial charge in [0.05, 0.1) is 5.69 Å². The summed E-state index contributed by atoms with van der Waals surface area (Å²) in [4.78, 5) is 12.1. The fourth-order valence-electron chi connectivity index (χ4n) is 2.62. The van der Waals surface area contributed by atoms with E-state index in [1.54, 1.807) is 6.07 Å². The molecule has 0 aliphatic carbocycles. The van der Waals surface area contributed by atoms with Crippen LogP contribution in [-0.2, 0) is 6.42 Å². The van der Waals surface area contributed by atoms with E-state index in [4.69, 9.17) is 4.52 Å². The Balaban J connectivity index is 0.00000176. The third-order valence-electron chi connectivity index (χ3n) is 3.77. The van der Waals surface area contributed by atoms with E-state index in [0.717, 1.165) is 25.2 Å². The number of benzene rings is 1. The molecule has 1 saturated heterocycles. The minimum absolute atomic E-state index is 0. The standard InChI is InChI=1S/C16H19N3O2.ClH/c1-11-8-15(21-19-11)18-16(20)14-4-2-12(3-5-14)9-13-6-7-17-10-13;/h2-5,8,13,17H,6-7,9-10H2,1H3,(H,18,20);1H. The van der Waals surface area contributed by atoms with Crippen LogP contribution in [0.2, 0.25) is 0 Å². The predicted molar refractivity (Wildman–Crippen MR) is 87.6 cm³/mol. The Morgan fingerprint density at radius 3 is 2.77 bits per heavy atom. The number of aryl methyl sites for hydroxylation is 1. The summed E-state index contributed by atoms with van der Waals surface area (Å²) in [6.45, 7) is 4.01. The molecule has 22 heavy (non-hydrogen) atoms. The summed E-state index contributed by atoms with van der Waals surface area (Å²) in [6, 6.07) is 9.46. The van der Waals surface area contributed by atoms with Crippen LogP contribution in [0.15, 0.2) is 34.9 Å². The fourth-order valence-corrected chi connectivity index (χ4v) is 2.62. The van der Waals surface area contributed by atoms with E-state index in [1.807, 2.05) is 31.2 Å². The Morgan fingerprint density at radius 1 is 1.41 bits per heavy atom. The van der Waals surface area contributed by atoms with Gasteiger partial charge in [0.2, 0.25) is 5.88 Å². The number of amides is 1. The van der Waals surface area contributed by atoms with Crippen molar-refractivity contribution in [3.05, 3.63) is 47.2 Å². The first-order valence-electron chi connectivity index (χ1n) is 7.25. The maximum atomic E-state index is 12.1. The molecule has 0 bridgehead atoms. The van der Waals surface area contributed by atoms with Gasteiger partial charge in [0.15, 0.2) is 0 Å². The van der Waals surface area contributed by atoms with Gasteiger partial charge < -0.3 is 9.84 Å². The molecule has 6 heteroatoms. The lowest BCUT2D eigenvalue weighted by atomic mass is 9.98. The highest BCUT2D eigenvalue weighted by Crippen LogP contribution is 2.16. The van der Waals surface area contributed by atoms with E-state index in [2.05, 4.69) is 15.8 Å². The molecule has 0 spiro atoms. The highest BCUT2D eigenvalue weighted by atomic mass is 35.5. The molecule has 2 heterocycles. The third kappa shape index (κ3) is 4.08. The van der Waals surface area contributed by atoms with E-state index in [-0.39, 0.29) is 18.3 Å². The van der Waals surface area contributed by atoms with Gasteiger partial charge in [-0.25, -0.2) is 0 Å². The zero-order chi connectivity index (χ0) is 14.7. The van der Waals surface area contributed by atoms with E-state index in [1.165, 1.54) is 12.0 Å². The van der Waals surface area contributed by atoms with Crippen molar-refractivity contribution in [2.24, 2.45) is 5.92 Å². The molecule has 0 radical (unpaired) electrons. The molecule has 1 fully saturated rings. The SMILES string of the molecule is Cc1cc(NC(=O)c2ccc(CC3CCNC3)cc2)on1.Cl. The molecule has 1 unspecified atom stereocenters. The molecule has 1 aliphatic heterocycles. The van der Waals surface area contributed by atoms with Crippen molar-refractivity contribution in [2.75, 3.05) is 18.4 Å². The monoisotopic (exact) mass is 321 g/mol. The summed E-state index contributed by atoms with van der Waals surface area (Å²) in [6.07, 6.45) is 2.29. The largest absolute Gasteiger partial charge is 0.338 e. The van der Waals surface area contributed by atoms with Crippen LogP contribution >= 0.6 is 12.4 Å². The van der Waals surface area contributed by atoms with Crippen molar-refractivity contribution >= 4 is 24.2 Å². The number of hydrogen-bond donors (Lipinski definition) is 2. The molecular weight excluding hydrogens is 302 g/mol. The van der Waals surface area contributed by atoms with Gasteiger partial charge in [0.25, 0.3) is 5.91 Å². The number of hydrogen-bond acceptors (Lipinski definition) is 4. The first-order chi connectivity index (χ1) is 10.2. The normalized spacial score (nSPS) is 17.0. The summed E-state index contributed by atoms with van der Waals surface area (Å²) in [5.74, 6) is 0.903. The molecule has 1 amide bonds. The number of nitrogens with zero attached hydrogens (tertiary/aromatic N) is 1. The van der Waals surface area contributed by atoms with Gasteiger partial charge in [-0.2, -0.15) is 0 Å². The minimum Gasteiger partial charge on any atom is -0.338 e. The molecule has 2 aromatic rings. The molecule has 5 nitrogen and oxygen atoms in total. The van der Waals surface area contributed by atoms with Gasteiger partial charge in [-0.3, -0.25) is 10.1 Å². The lowest BCUT2D eigenvalue weighted by Crippen LogP contribution is -2.12. The average molecular weight is 322 g/mol. The van der Waals surface area contributed by atoms with Gasteiger partial charge in [-0.15, -0.1) is 12.4 Å². The Bertz CT molecular complexity index is 619. The second-order valence-corrected chi connectivity index (χ2v) is 5.55. The van der Waals surface area contributed by atoms with Crippen LogP contribution in [-0.4, -0.2) is 24.2 Å². The zero-order valence-electron chi connectivity index (χ0n) is 12.5. The summed E-state index contributed by atoms with van der Waals surface area (Å²) >= 11 is 0. The molecule has 118 valence electrons. The lowest BCUT2D eigenvalue weighted by molar-refractivity contribution is 0.102. The Morgan fingerprint density at radius 2 is 2.18 bits per heavy atom. The first kappa shape index (κ1) is 16.5. The van der Waals surface area contributed by atoms with Crippen LogP contribution < -0.4 is 10.6 Å². The number of anilines is 1. The van der Waals surface area contributed by atoms with Gasteiger partial charge in [-0.1, -0.05) is 17.3 Å². The van der Waals surface area contributed by atoms with E-state index in [0.29, 0.717) is 17.4 Å². The smallest absolute Gasteiger partial charge is 0.258 e. The highest BCUT2D eigenvalue weighted by Gasteiger charge is 2.15. The molecule has 2 N–H and O–H groups in total. The van der Waals surface area contributed by atoms with Crippen LogP contribution in [0.25, 0.3) is 0 Å². The van der Waals surface area contributed by atoms with Gasteiger partial charge in [0.1, 0.15) is 0 Å². The minimum atomic E-state index is -0.180. The number of carbonyl (C=O) groups excluding carboxylic acids is 1. The molecule has 1 aliphatic rings. The van der Waals surface area contributed by atoms with Crippen molar-refractivity contribution in [1.82, 2.24) is 10.5 Å². The highest BCUT2D eigenvalue weighted by molar-refractivity contribution is 6.03. The summed E-state index contributed by atoms with van der Waals surface area (Å²) in [7, 11) is 0. The van der Waals surface area contributed by atoms with Crippen LogP contribution in [0.1, 0.15) is 28.0 Å². The second-order valence-electron chi connectivity index (χ2n) is 5.55. The second kappa shape index (κ2) is 7.42. The molecule has 1 aromatic heterocycles. The Kier molecular flexibility index (Phi) is 5.57. The molecule has 3 rings (SSSR count). The predicted octanol–water partition coefficient (Wildman–Crippen LogP) is 2.81. The van der Waals surface area contributed by atoms with Crippen molar-refractivity contribution in [3.63, 3.8) is 0 Å². The molecule has 1 atom stereocenters. The number of halogens is 1. The molecule has 0 saturated carbocycles. The quantitative estimate of drug-likeness (QED) is 0.908. The maximum absolute atomic E-state index is 12.1. The van der Waals surface area contributed by atoms with Crippen molar-refractivity contribution in [2.45, 2.75) is 19.8 Å². The van der Waals surface area contributed by atoms with Crippen molar-refractivity contribution in [1.29, 1.82) is 0 Å². The van der Waals surface area contributed by atoms with Crippen LogP contribution in [0.5, 0.6) is 0 Å². The maximum Gasteiger partial charge on any atom is 0.258 e. The van der Waals surface area contributed by atoms with Crippen molar-refractivity contribution in [3.8, 4) is 0 Å². The lowest BCUT2D eigenvalue weighted by Gasteiger charge is -2.08. The van der Waals surface area contributed by atoms with E-state index >= 15 is 0 Å². The van der Waals surface area contributed by atoms with E-state index in [9.17, 15) is 4.79 Å². The Labute approximate surface area is 135 Å². The van der Waals surface area contributed by atoms with Crippen molar-refractivity contribution < 1.29 is 9.32 Å². The van der Waals surface area contributed by atoms with Gasteiger partial charge in [0, 0.05) is 11.6 Å². The summed E-state index contributed by atoms with van der Waals surface area (Å²) < 4.78 is 4.98. The number of nitrogens with one attached hydrogen (secondary N) is 2. The third-order valence-corrected chi connectivity index (χ3v) is 3.77. The zero-order valence-corrected chi connectivity index (χ0v) is 13.3. The van der Waals surface area contributed by atoms with Crippen LogP contribution in [0.3, 0.4) is 0 Å². The van der Waals surface area contributed by atoms with Gasteiger partial charge in [-0.05, 0) is 56.5 Å². The molecule has 1 aromatic carbocycles. The summed E-state index contributed by atoms with van der Waals surface area (Å²) in [5, 5.41) is 9.80. The van der Waals surface area contributed by atoms with E-state index < -0.39 is 0 Å². The van der Waals surface area contributed by atoms with Crippen LogP contribution in [0.4, 0.5) is 5.88 Å². The average Bonchev–Trinajstić information content (AvgIpc) is 3.12. The number of aromatic nitrogens is 1. The Hall–Kier alpha value is -1.85. The molecular formula is C16H20ClN3O2. The summed E-state index contributed by atoms with van der Waals surface area (Å²) in [5.41, 5.74) is 2.64. The number of carbonyl (C=O) groups is 1. The topological polar surface area (TPSA) is 67.2 Å². The fraction of sp³-hybridized carbons (Fsp3) is 0.375. The van der Waals surface area contributed by atoms with Gasteiger partial charge >= 0.3 is 0 Å². The van der Waals surface area contributed by atoms with Crippen LogP contribution in [0, 0.1) is 12.8 Å². The first-order valence-corrected chi connectivity index (χ1v) is 7.25. The number of rotatable bonds is 4.